The number of carbonyl (C=O) groups excluding carboxylic acids is 1. The number of hydrogen-bond donors (Lipinski definition) is 1. The van der Waals surface area contributed by atoms with Gasteiger partial charge in [0.05, 0.1) is 15.6 Å². The van der Waals surface area contributed by atoms with Crippen LogP contribution in [0.25, 0.3) is 28.2 Å². The maximum atomic E-state index is 14.2. The summed E-state index contributed by atoms with van der Waals surface area (Å²) in [6.45, 7) is 1.16. The molecule has 3 aromatic carbocycles. The van der Waals surface area contributed by atoms with Gasteiger partial charge >= 0.3 is 0 Å². The Bertz CT molecular complexity index is 1970. The molecule has 1 N–H and O–H groups in total. The van der Waals surface area contributed by atoms with Crippen molar-refractivity contribution in [2.75, 3.05) is 26.0 Å². The summed E-state index contributed by atoms with van der Waals surface area (Å²) in [5, 5.41) is 3.70. The van der Waals surface area contributed by atoms with Crippen molar-refractivity contribution in [3.63, 3.8) is 0 Å². The Kier molecular flexibility index (Phi) is 6.69. The van der Waals surface area contributed by atoms with Crippen LogP contribution in [-0.2, 0) is 11.3 Å². The molecule has 0 bridgehead atoms. The number of rotatable bonds is 6. The summed E-state index contributed by atoms with van der Waals surface area (Å²) in [4.78, 5) is 28.9. The molecule has 1 amide bonds. The average Bonchev–Trinajstić information content (AvgIpc) is 3.55. The number of nitrogens with one attached hydrogen (secondary N) is 1. The van der Waals surface area contributed by atoms with Crippen molar-refractivity contribution in [2.24, 2.45) is 0 Å². The van der Waals surface area contributed by atoms with E-state index < -0.39 is 5.82 Å². The zero-order valence-electron chi connectivity index (χ0n) is 21.9. The van der Waals surface area contributed by atoms with Crippen LogP contribution in [0.2, 0.25) is 0 Å². The molecule has 9 heteroatoms. The van der Waals surface area contributed by atoms with E-state index in [0.29, 0.717) is 44.7 Å². The van der Waals surface area contributed by atoms with Crippen molar-refractivity contribution < 1.29 is 13.6 Å². The number of halogens is 2. The Labute approximate surface area is 232 Å². The first-order valence-electron chi connectivity index (χ1n) is 12.9. The van der Waals surface area contributed by atoms with Gasteiger partial charge in [0.2, 0.25) is 0 Å². The fourth-order valence-electron chi connectivity index (χ4n) is 5.11. The number of fused-ring (bicyclic) bond motifs is 2. The van der Waals surface area contributed by atoms with Crippen LogP contribution in [-0.4, -0.2) is 40.6 Å². The number of anilines is 1. The van der Waals surface area contributed by atoms with Gasteiger partial charge in [-0.3, -0.25) is 14.2 Å². The fourth-order valence-corrected chi connectivity index (χ4v) is 6.29. The third-order valence-electron chi connectivity index (χ3n) is 6.95. The normalized spacial score (nSPS) is 14.8. The van der Waals surface area contributed by atoms with Crippen LogP contribution < -0.4 is 20.1 Å². The van der Waals surface area contributed by atoms with Crippen molar-refractivity contribution in [2.45, 2.75) is 13.0 Å². The van der Waals surface area contributed by atoms with E-state index in [4.69, 9.17) is 0 Å². The first kappa shape index (κ1) is 25.9. The van der Waals surface area contributed by atoms with Crippen LogP contribution >= 0.6 is 11.3 Å². The van der Waals surface area contributed by atoms with Crippen molar-refractivity contribution >= 4 is 45.5 Å². The molecule has 6 rings (SSSR count). The Morgan fingerprint density at radius 2 is 1.77 bits per heavy atom. The summed E-state index contributed by atoms with van der Waals surface area (Å²) in [7, 11) is 3.92. The summed E-state index contributed by atoms with van der Waals surface area (Å²) in [5.74, 6) is -1.16. The van der Waals surface area contributed by atoms with Crippen molar-refractivity contribution in [3.8, 4) is 5.69 Å². The molecule has 6 nitrogen and oxygen atoms in total. The number of carbonyl (C=O) groups is 1. The molecule has 0 fully saturated rings. The lowest BCUT2D eigenvalue weighted by atomic mass is 10.1. The predicted octanol–water partition coefficient (Wildman–Crippen LogP) is 4.06. The third kappa shape index (κ3) is 4.67. The van der Waals surface area contributed by atoms with Gasteiger partial charge in [-0.2, -0.15) is 0 Å². The highest BCUT2D eigenvalue weighted by molar-refractivity contribution is 7.07. The molecule has 0 saturated heterocycles. The lowest BCUT2D eigenvalue weighted by Gasteiger charge is -2.09. The van der Waals surface area contributed by atoms with Gasteiger partial charge in [0.15, 0.2) is 0 Å². The van der Waals surface area contributed by atoms with Crippen LogP contribution in [0.4, 0.5) is 14.5 Å². The molecule has 0 saturated carbocycles. The molecule has 1 aliphatic heterocycles. The zero-order chi connectivity index (χ0) is 28.0. The van der Waals surface area contributed by atoms with Gasteiger partial charge in [0, 0.05) is 40.6 Å². The SMILES string of the molecule is CN(C)CCCn1c(=C2C(=O)Nc3ccc(F)cc32)sc(=Cc2cn(-c3cccc(F)c3)c3ccccc23)c1=O. The van der Waals surface area contributed by atoms with Gasteiger partial charge in [0.25, 0.3) is 11.5 Å². The Balaban J connectivity index is 1.59. The number of amides is 1. The van der Waals surface area contributed by atoms with E-state index in [1.165, 1.54) is 41.7 Å². The number of hydrogen-bond acceptors (Lipinski definition) is 4. The molecule has 0 spiro atoms. The smallest absolute Gasteiger partial charge is 0.269 e. The van der Waals surface area contributed by atoms with Crippen LogP contribution in [0.3, 0.4) is 0 Å². The minimum atomic E-state index is -0.456. The average molecular weight is 557 g/mol. The quantitative estimate of drug-likeness (QED) is 0.343. The molecule has 5 aromatic rings. The van der Waals surface area contributed by atoms with Gasteiger partial charge in [-0.1, -0.05) is 24.3 Å². The van der Waals surface area contributed by atoms with Gasteiger partial charge in [-0.15, -0.1) is 11.3 Å². The number of nitrogens with zero attached hydrogens (tertiary/aromatic N) is 3. The molecule has 0 atom stereocenters. The van der Waals surface area contributed by atoms with E-state index in [-0.39, 0.29) is 17.3 Å². The van der Waals surface area contributed by atoms with Gasteiger partial charge < -0.3 is 14.8 Å². The first-order chi connectivity index (χ1) is 19.3. The van der Waals surface area contributed by atoms with E-state index in [2.05, 4.69) is 5.32 Å². The minimum absolute atomic E-state index is 0.216. The molecule has 0 aliphatic carbocycles. The van der Waals surface area contributed by atoms with E-state index in [9.17, 15) is 18.4 Å². The Hall–Kier alpha value is -4.34. The molecule has 0 unspecified atom stereocenters. The largest absolute Gasteiger partial charge is 0.321 e. The zero-order valence-corrected chi connectivity index (χ0v) is 22.8. The van der Waals surface area contributed by atoms with E-state index in [0.717, 1.165) is 23.0 Å². The van der Waals surface area contributed by atoms with Crippen LogP contribution in [0, 0.1) is 11.6 Å². The Morgan fingerprint density at radius 3 is 2.58 bits per heavy atom. The molecule has 0 radical (unpaired) electrons. The van der Waals surface area contributed by atoms with E-state index in [1.807, 2.05) is 66.2 Å². The second-order valence-electron chi connectivity index (χ2n) is 10.00. The second kappa shape index (κ2) is 10.3. The van der Waals surface area contributed by atoms with E-state index in [1.54, 1.807) is 10.6 Å². The molecule has 3 heterocycles. The highest BCUT2D eigenvalue weighted by Gasteiger charge is 2.27. The van der Waals surface area contributed by atoms with Crippen LogP contribution in [0.1, 0.15) is 17.5 Å². The summed E-state index contributed by atoms with van der Waals surface area (Å²) in [5.41, 5.74) is 3.37. The number of para-hydroxylation sites is 1. The predicted molar refractivity (Wildman–Crippen MR) is 155 cm³/mol. The standard InChI is InChI=1S/C31H26F2N4O2S/c1-35(2)13-6-14-36-30(39)27(40-31(36)28-24-17-21(33)11-12-25(24)34-29(28)38)15-19-18-37(22-8-5-7-20(32)16-22)26-10-4-3-9-23(19)26/h3-5,7-12,15-18H,6,13-14H2,1-2H3,(H,34,38). The summed E-state index contributed by atoms with van der Waals surface area (Å²) in [6, 6.07) is 18.2. The van der Waals surface area contributed by atoms with Gasteiger partial charge in [0.1, 0.15) is 16.3 Å². The molecule has 1 aliphatic rings. The third-order valence-corrected chi connectivity index (χ3v) is 8.08. The maximum absolute atomic E-state index is 14.2. The molecular weight excluding hydrogens is 530 g/mol. The van der Waals surface area contributed by atoms with Crippen molar-refractivity contribution in [1.82, 2.24) is 14.0 Å². The van der Waals surface area contributed by atoms with Crippen molar-refractivity contribution in [3.05, 3.63) is 115 Å². The second-order valence-corrected chi connectivity index (χ2v) is 11.0. The summed E-state index contributed by atoms with van der Waals surface area (Å²) < 4.78 is 32.7. The first-order valence-corrected chi connectivity index (χ1v) is 13.7. The number of thiazole rings is 1. The van der Waals surface area contributed by atoms with E-state index >= 15 is 0 Å². The highest BCUT2D eigenvalue weighted by atomic mass is 32.1. The fraction of sp³-hybridized carbons (Fsp3) is 0.161. The van der Waals surface area contributed by atoms with Crippen LogP contribution in [0.5, 0.6) is 0 Å². The lowest BCUT2D eigenvalue weighted by molar-refractivity contribution is -0.110. The molecule has 202 valence electrons. The maximum Gasteiger partial charge on any atom is 0.269 e. The molecular formula is C31H26F2N4O2S. The topological polar surface area (TPSA) is 59.3 Å². The number of aromatic nitrogens is 2. The van der Waals surface area contributed by atoms with Crippen LogP contribution in [0.15, 0.2) is 77.7 Å². The molecule has 40 heavy (non-hydrogen) atoms. The lowest BCUT2D eigenvalue weighted by Crippen LogP contribution is -2.34. The van der Waals surface area contributed by atoms with Gasteiger partial charge in [-0.05, 0) is 75.6 Å². The highest BCUT2D eigenvalue weighted by Crippen LogP contribution is 2.30. The monoisotopic (exact) mass is 556 g/mol. The molecule has 2 aromatic heterocycles. The minimum Gasteiger partial charge on any atom is -0.321 e. The van der Waals surface area contributed by atoms with Gasteiger partial charge in [-0.25, -0.2) is 8.78 Å². The Morgan fingerprint density at radius 1 is 0.975 bits per heavy atom. The summed E-state index contributed by atoms with van der Waals surface area (Å²) in [6.07, 6.45) is 4.39. The summed E-state index contributed by atoms with van der Waals surface area (Å²) >= 11 is 1.22. The van der Waals surface area contributed by atoms with Crippen molar-refractivity contribution in [1.29, 1.82) is 0 Å². The number of benzene rings is 3.